The van der Waals surface area contributed by atoms with Crippen molar-refractivity contribution in [3.05, 3.63) is 41.7 Å². The van der Waals surface area contributed by atoms with Gasteiger partial charge in [-0.3, -0.25) is 0 Å². The zero-order valence-corrected chi connectivity index (χ0v) is 23.0. The minimum Gasteiger partial charge on any atom is -0.373 e. The summed E-state index contributed by atoms with van der Waals surface area (Å²) in [5, 5.41) is 0. The van der Waals surface area contributed by atoms with Gasteiger partial charge >= 0.3 is 0 Å². The van der Waals surface area contributed by atoms with E-state index in [0.29, 0.717) is 0 Å². The van der Waals surface area contributed by atoms with E-state index in [4.69, 9.17) is 0 Å². The molecule has 3 rings (SSSR count). The van der Waals surface area contributed by atoms with E-state index in [2.05, 4.69) is 45.8 Å². The van der Waals surface area contributed by atoms with Gasteiger partial charge in [0.05, 0.1) is 0 Å². The van der Waals surface area contributed by atoms with Gasteiger partial charge in [-0.2, -0.15) is 4.58 Å². The van der Waals surface area contributed by atoms with Crippen LogP contribution in [0.4, 0.5) is 0 Å². The second kappa shape index (κ2) is 18.7. The molecule has 0 radical (unpaired) electrons. The van der Waals surface area contributed by atoms with Crippen molar-refractivity contribution in [1.29, 1.82) is 0 Å². The van der Waals surface area contributed by atoms with Crippen LogP contribution in [0.5, 0.6) is 0 Å². The summed E-state index contributed by atoms with van der Waals surface area (Å²) in [5.74, 6) is 3.47. The van der Waals surface area contributed by atoms with Crippen molar-refractivity contribution in [3.63, 3.8) is 0 Å². The summed E-state index contributed by atoms with van der Waals surface area (Å²) < 4.78 is 2.43. The van der Waals surface area contributed by atoms with E-state index in [0.717, 1.165) is 13.1 Å². The molecule has 0 aromatic rings. The fourth-order valence-electron chi connectivity index (χ4n) is 5.83. The number of fused-ring (bicyclic) bond motifs is 3. The zero-order valence-electron chi connectivity index (χ0n) is 23.0. The van der Waals surface area contributed by atoms with Gasteiger partial charge in [0, 0.05) is 31.8 Å². The largest absolute Gasteiger partial charge is 0.373 e. The predicted octanol–water partition coefficient (Wildman–Crippen LogP) is 9.13. The summed E-state index contributed by atoms with van der Waals surface area (Å²) >= 11 is 0. The van der Waals surface area contributed by atoms with Crippen LogP contribution in [0.2, 0.25) is 0 Å². The van der Waals surface area contributed by atoms with E-state index in [-0.39, 0.29) is 0 Å². The Morgan fingerprint density at radius 2 is 1.20 bits per heavy atom. The number of hydrogen-bond acceptors (Lipinski definition) is 1. The highest BCUT2D eigenvalue weighted by molar-refractivity contribution is 5.51. The second-order valence-electron chi connectivity index (χ2n) is 11.4. The third kappa shape index (κ3) is 13.4. The normalized spacial score (nSPS) is 23.8. The summed E-state index contributed by atoms with van der Waals surface area (Å²) in [4.78, 5) is 2.56. The highest BCUT2D eigenvalue weighted by Gasteiger charge is 2.11. The number of nitrogens with zero attached hydrogens (tertiary/aromatic N) is 2. The van der Waals surface area contributed by atoms with E-state index in [1.165, 1.54) is 148 Å². The van der Waals surface area contributed by atoms with Gasteiger partial charge in [0.1, 0.15) is 0 Å². The van der Waals surface area contributed by atoms with Crippen LogP contribution in [-0.2, 0) is 0 Å². The van der Waals surface area contributed by atoms with Crippen LogP contribution in [0.1, 0.15) is 135 Å². The Hall–Kier alpha value is -1.53. The molecule has 0 fully saturated rings. The lowest BCUT2D eigenvalue weighted by Crippen LogP contribution is -2.21. The van der Waals surface area contributed by atoms with Crippen LogP contribution >= 0.6 is 0 Å². The van der Waals surface area contributed by atoms with Crippen LogP contribution in [0.3, 0.4) is 0 Å². The summed E-state index contributed by atoms with van der Waals surface area (Å²) in [5.41, 5.74) is 3.18. The van der Waals surface area contributed by atoms with E-state index in [1.54, 1.807) is 11.1 Å². The molecule has 2 heteroatoms. The molecule has 0 saturated heterocycles. The molecule has 0 aromatic heterocycles. The maximum Gasteiger partial charge on any atom is 0.174 e. The van der Waals surface area contributed by atoms with Gasteiger partial charge < -0.3 is 4.90 Å². The van der Waals surface area contributed by atoms with Crippen molar-refractivity contribution < 1.29 is 4.58 Å². The van der Waals surface area contributed by atoms with Crippen molar-refractivity contribution in [1.82, 2.24) is 4.90 Å². The molecule has 0 aromatic carbocycles. The van der Waals surface area contributed by atoms with Crippen molar-refractivity contribution in [2.24, 2.45) is 0 Å². The molecule has 0 unspecified atom stereocenters. The minimum atomic E-state index is 1.12. The highest BCUT2D eigenvalue weighted by Crippen LogP contribution is 2.19. The molecule has 196 valence electrons. The Bertz CT molecular complexity index is 719. The lowest BCUT2D eigenvalue weighted by atomic mass is 10.0. The Morgan fingerprint density at radius 3 is 1.89 bits per heavy atom. The van der Waals surface area contributed by atoms with Crippen LogP contribution in [0, 0.1) is 0 Å². The van der Waals surface area contributed by atoms with Crippen LogP contribution in [0.25, 0.3) is 0 Å². The molecule has 3 aliphatic heterocycles. The molecule has 0 amide bonds. The minimum absolute atomic E-state index is 1.12. The molecule has 2 nitrogen and oxygen atoms in total. The van der Waals surface area contributed by atoms with Gasteiger partial charge in [0.25, 0.3) is 0 Å². The summed E-state index contributed by atoms with van der Waals surface area (Å²) in [7, 11) is 0. The van der Waals surface area contributed by atoms with Crippen LogP contribution < -0.4 is 0 Å². The molecule has 3 aliphatic rings. The first-order valence-corrected chi connectivity index (χ1v) is 15.5. The Balaban J connectivity index is 1.34. The fraction of sp³-hybridized carbons (Fsp3) is 0.758. The van der Waals surface area contributed by atoms with Gasteiger partial charge in [-0.1, -0.05) is 102 Å². The molecule has 35 heavy (non-hydrogen) atoms. The van der Waals surface area contributed by atoms with E-state index in [9.17, 15) is 0 Å². The fourth-order valence-corrected chi connectivity index (χ4v) is 5.83. The lowest BCUT2D eigenvalue weighted by Gasteiger charge is -2.23. The van der Waals surface area contributed by atoms with Crippen LogP contribution in [-0.4, -0.2) is 41.5 Å². The van der Waals surface area contributed by atoms with E-state index in [1.807, 2.05) is 0 Å². The molecule has 0 spiro atoms. The van der Waals surface area contributed by atoms with Gasteiger partial charge in [-0.25, -0.2) is 0 Å². The second-order valence-corrected chi connectivity index (χ2v) is 11.4. The molecule has 4 bridgehead atoms. The summed E-state index contributed by atoms with van der Waals surface area (Å²) in [6, 6.07) is 0. The topological polar surface area (TPSA) is 6.25 Å². The van der Waals surface area contributed by atoms with Crippen molar-refractivity contribution >= 4 is 5.87 Å². The number of allylic oxidation sites excluding steroid dienone is 4. The molecule has 3 heterocycles. The molecule has 0 saturated carbocycles. The SMILES string of the molecule is C1=CC=C2CCCCCCCCCCCCCN3C=C(C=CC3)CCCCCCCCCC[N+]=1C2. The van der Waals surface area contributed by atoms with Gasteiger partial charge in [-0.15, -0.1) is 0 Å². The van der Waals surface area contributed by atoms with Gasteiger partial charge in [-0.05, 0) is 55.7 Å². The number of rotatable bonds is 0. The van der Waals surface area contributed by atoms with Crippen molar-refractivity contribution in [2.75, 3.05) is 26.2 Å². The predicted molar refractivity (Wildman–Crippen MR) is 153 cm³/mol. The highest BCUT2D eigenvalue weighted by atomic mass is 15.1. The van der Waals surface area contributed by atoms with Crippen molar-refractivity contribution in [3.8, 4) is 0 Å². The molecule has 0 aliphatic carbocycles. The lowest BCUT2D eigenvalue weighted by molar-refractivity contribution is -0.514. The Morgan fingerprint density at radius 1 is 0.629 bits per heavy atom. The third-order valence-corrected chi connectivity index (χ3v) is 8.08. The first kappa shape index (κ1) is 28.0. The van der Waals surface area contributed by atoms with Gasteiger partial charge in [0.15, 0.2) is 19.0 Å². The molecular formula is C33H55N2+. The quantitative estimate of drug-likeness (QED) is 0.314. The van der Waals surface area contributed by atoms with Gasteiger partial charge in [0.2, 0.25) is 0 Å². The van der Waals surface area contributed by atoms with E-state index < -0.39 is 0 Å². The van der Waals surface area contributed by atoms with Crippen LogP contribution in [0.15, 0.2) is 41.7 Å². The smallest absolute Gasteiger partial charge is 0.174 e. The standard InChI is InChI=1S/C33H55N2/c1-2-4-8-12-16-22-32-24-20-29-35(30-32)27-19-15-11-7-5-9-13-17-23-33-25-21-28-34(31-33)26-18-14-10-6-3-1/h20-21,24-25,31H,1-19,22-23,26-28,30H2/q+1. The first-order chi connectivity index (χ1) is 17.4. The average Bonchev–Trinajstić information content (AvgIpc) is 2.88. The molecular weight excluding hydrogens is 424 g/mol. The monoisotopic (exact) mass is 479 g/mol. The number of hydrogen-bond donors (Lipinski definition) is 0. The maximum absolute atomic E-state index is 3.47. The molecule has 0 atom stereocenters. The van der Waals surface area contributed by atoms with E-state index >= 15 is 0 Å². The third-order valence-electron chi connectivity index (χ3n) is 8.08. The van der Waals surface area contributed by atoms with Crippen molar-refractivity contribution in [2.45, 2.75) is 135 Å². The average molecular weight is 480 g/mol. The molecule has 0 N–H and O–H groups in total. The Labute approximate surface area is 218 Å². The summed E-state index contributed by atoms with van der Waals surface area (Å²) in [6.07, 6.45) is 41.0. The Kier molecular flexibility index (Phi) is 15.0. The first-order valence-electron chi connectivity index (χ1n) is 15.5. The summed E-state index contributed by atoms with van der Waals surface area (Å²) in [6.45, 7) is 4.68. The maximum atomic E-state index is 3.47. The zero-order chi connectivity index (χ0) is 24.2.